The van der Waals surface area contributed by atoms with Crippen LogP contribution in [0.5, 0.6) is 0 Å². The highest BCUT2D eigenvalue weighted by molar-refractivity contribution is 6.36. The molecule has 0 aliphatic carbocycles. The Bertz CT molecular complexity index is 647. The standard InChI is InChI=1S/C13H9Cl2FN2O/c14-9-5-4-7(17)6-11(9)18-13(19)8-2-1-3-10(16)12(8)15/h1-6H,17H2,(H,18,19). The van der Waals surface area contributed by atoms with Crippen LogP contribution in [-0.4, -0.2) is 5.91 Å². The van der Waals surface area contributed by atoms with Gasteiger partial charge in [-0.2, -0.15) is 0 Å². The zero-order valence-corrected chi connectivity index (χ0v) is 11.1. The maximum Gasteiger partial charge on any atom is 0.257 e. The van der Waals surface area contributed by atoms with Gasteiger partial charge in [0, 0.05) is 5.69 Å². The Morgan fingerprint density at radius 2 is 1.95 bits per heavy atom. The Morgan fingerprint density at radius 3 is 2.68 bits per heavy atom. The average Bonchev–Trinajstić information content (AvgIpc) is 2.37. The molecule has 0 heterocycles. The van der Waals surface area contributed by atoms with Crippen LogP contribution in [0.4, 0.5) is 15.8 Å². The van der Waals surface area contributed by atoms with E-state index >= 15 is 0 Å². The molecule has 0 fully saturated rings. The number of carbonyl (C=O) groups is 1. The van der Waals surface area contributed by atoms with Crippen LogP contribution in [0.2, 0.25) is 10.0 Å². The minimum Gasteiger partial charge on any atom is -0.399 e. The second kappa shape index (κ2) is 5.47. The topological polar surface area (TPSA) is 55.1 Å². The highest BCUT2D eigenvalue weighted by atomic mass is 35.5. The van der Waals surface area contributed by atoms with Crippen molar-refractivity contribution in [2.24, 2.45) is 0 Å². The summed E-state index contributed by atoms with van der Waals surface area (Å²) in [4.78, 5) is 12.0. The first-order chi connectivity index (χ1) is 8.99. The smallest absolute Gasteiger partial charge is 0.257 e. The molecular formula is C13H9Cl2FN2O. The maximum atomic E-state index is 13.3. The average molecular weight is 299 g/mol. The van der Waals surface area contributed by atoms with E-state index in [0.717, 1.165) is 0 Å². The number of hydrogen-bond acceptors (Lipinski definition) is 2. The molecule has 0 bridgehead atoms. The third-order valence-electron chi connectivity index (χ3n) is 2.43. The number of hydrogen-bond donors (Lipinski definition) is 2. The lowest BCUT2D eigenvalue weighted by Crippen LogP contribution is -2.13. The van der Waals surface area contributed by atoms with Crippen molar-refractivity contribution in [2.75, 3.05) is 11.1 Å². The lowest BCUT2D eigenvalue weighted by atomic mass is 10.2. The van der Waals surface area contributed by atoms with Crippen molar-refractivity contribution >= 4 is 40.5 Å². The molecule has 0 spiro atoms. The number of rotatable bonds is 2. The summed E-state index contributed by atoms with van der Waals surface area (Å²) in [7, 11) is 0. The fourth-order valence-corrected chi connectivity index (χ4v) is 1.88. The van der Waals surface area contributed by atoms with E-state index < -0.39 is 11.7 Å². The van der Waals surface area contributed by atoms with Gasteiger partial charge in [0.05, 0.1) is 21.3 Å². The molecule has 3 N–H and O–H groups in total. The number of amides is 1. The van der Waals surface area contributed by atoms with Crippen LogP contribution >= 0.6 is 23.2 Å². The van der Waals surface area contributed by atoms with Gasteiger partial charge in [-0.15, -0.1) is 0 Å². The molecule has 0 radical (unpaired) electrons. The molecule has 0 aromatic heterocycles. The normalized spacial score (nSPS) is 10.3. The molecule has 2 rings (SSSR count). The van der Waals surface area contributed by atoms with E-state index in [0.29, 0.717) is 16.4 Å². The molecule has 1 amide bonds. The minimum atomic E-state index is -0.659. The molecule has 2 aromatic carbocycles. The second-order valence-electron chi connectivity index (χ2n) is 3.79. The molecule has 0 saturated heterocycles. The minimum absolute atomic E-state index is 0.0279. The SMILES string of the molecule is Nc1ccc(Cl)c(NC(=O)c2cccc(F)c2Cl)c1. The molecule has 0 atom stereocenters. The zero-order valence-electron chi connectivity index (χ0n) is 9.58. The van der Waals surface area contributed by atoms with Gasteiger partial charge in [0.1, 0.15) is 5.82 Å². The van der Waals surface area contributed by atoms with E-state index in [4.69, 9.17) is 28.9 Å². The third-order valence-corrected chi connectivity index (χ3v) is 3.15. The molecule has 98 valence electrons. The van der Waals surface area contributed by atoms with E-state index in [1.807, 2.05) is 0 Å². The van der Waals surface area contributed by atoms with E-state index in [1.165, 1.54) is 24.3 Å². The van der Waals surface area contributed by atoms with Gasteiger partial charge in [-0.05, 0) is 30.3 Å². The monoisotopic (exact) mass is 298 g/mol. The zero-order chi connectivity index (χ0) is 14.0. The first-order valence-corrected chi connectivity index (χ1v) is 6.05. The Balaban J connectivity index is 2.31. The van der Waals surface area contributed by atoms with Crippen LogP contribution in [0, 0.1) is 5.82 Å². The molecule has 3 nitrogen and oxygen atoms in total. The summed E-state index contributed by atoms with van der Waals surface area (Å²) >= 11 is 11.7. The number of nitrogens with two attached hydrogens (primary N) is 1. The Labute approximate surface area is 119 Å². The van der Waals surface area contributed by atoms with Gasteiger partial charge in [-0.1, -0.05) is 29.3 Å². The van der Waals surface area contributed by atoms with Crippen LogP contribution in [-0.2, 0) is 0 Å². The van der Waals surface area contributed by atoms with Crippen LogP contribution in [0.25, 0.3) is 0 Å². The van der Waals surface area contributed by atoms with Crippen LogP contribution in [0.3, 0.4) is 0 Å². The Morgan fingerprint density at radius 1 is 1.21 bits per heavy atom. The number of anilines is 2. The molecule has 2 aromatic rings. The summed E-state index contributed by atoms with van der Waals surface area (Å²) in [6, 6.07) is 8.66. The van der Waals surface area contributed by atoms with E-state index in [1.54, 1.807) is 12.1 Å². The van der Waals surface area contributed by atoms with Crippen molar-refractivity contribution in [1.29, 1.82) is 0 Å². The summed E-state index contributed by atoms with van der Waals surface area (Å²) in [6.45, 7) is 0. The van der Waals surface area contributed by atoms with Gasteiger partial charge in [0.25, 0.3) is 5.91 Å². The van der Waals surface area contributed by atoms with Gasteiger partial charge in [-0.3, -0.25) is 4.79 Å². The van der Waals surface area contributed by atoms with Crippen molar-refractivity contribution < 1.29 is 9.18 Å². The van der Waals surface area contributed by atoms with Gasteiger partial charge < -0.3 is 11.1 Å². The lowest BCUT2D eigenvalue weighted by Gasteiger charge is -2.09. The van der Waals surface area contributed by atoms with Crippen molar-refractivity contribution in [3.63, 3.8) is 0 Å². The second-order valence-corrected chi connectivity index (χ2v) is 4.58. The highest BCUT2D eigenvalue weighted by Gasteiger charge is 2.14. The number of benzene rings is 2. The summed E-state index contributed by atoms with van der Waals surface area (Å²) in [5.74, 6) is -1.22. The Hall–Kier alpha value is -1.78. The molecule has 19 heavy (non-hydrogen) atoms. The van der Waals surface area contributed by atoms with Crippen molar-refractivity contribution in [3.8, 4) is 0 Å². The number of carbonyl (C=O) groups excluding carboxylic acids is 1. The predicted molar refractivity (Wildman–Crippen MR) is 75.2 cm³/mol. The van der Waals surface area contributed by atoms with Crippen LogP contribution in [0.15, 0.2) is 36.4 Å². The molecule has 6 heteroatoms. The van der Waals surface area contributed by atoms with Gasteiger partial charge in [0.15, 0.2) is 0 Å². The molecule has 0 saturated carbocycles. The van der Waals surface area contributed by atoms with Crippen molar-refractivity contribution in [2.45, 2.75) is 0 Å². The molecule has 0 aliphatic heterocycles. The summed E-state index contributed by atoms with van der Waals surface area (Å²) in [6.07, 6.45) is 0. The number of halogens is 3. The van der Waals surface area contributed by atoms with Gasteiger partial charge in [0.2, 0.25) is 0 Å². The van der Waals surface area contributed by atoms with E-state index in [2.05, 4.69) is 5.32 Å². The first-order valence-electron chi connectivity index (χ1n) is 5.29. The maximum absolute atomic E-state index is 13.3. The van der Waals surface area contributed by atoms with Gasteiger partial charge in [-0.25, -0.2) is 4.39 Å². The molecule has 0 unspecified atom stereocenters. The first kappa shape index (κ1) is 13.6. The van der Waals surface area contributed by atoms with Crippen molar-refractivity contribution in [1.82, 2.24) is 0 Å². The van der Waals surface area contributed by atoms with Gasteiger partial charge >= 0.3 is 0 Å². The lowest BCUT2D eigenvalue weighted by molar-refractivity contribution is 0.102. The van der Waals surface area contributed by atoms with E-state index in [9.17, 15) is 9.18 Å². The number of nitrogens with one attached hydrogen (secondary N) is 1. The fraction of sp³-hybridized carbons (Fsp3) is 0. The Kier molecular flexibility index (Phi) is 3.93. The number of nitrogen functional groups attached to an aromatic ring is 1. The summed E-state index contributed by atoms with van der Waals surface area (Å²) in [5.41, 5.74) is 6.42. The predicted octanol–water partition coefficient (Wildman–Crippen LogP) is 3.97. The van der Waals surface area contributed by atoms with Crippen molar-refractivity contribution in [3.05, 3.63) is 57.8 Å². The highest BCUT2D eigenvalue weighted by Crippen LogP contribution is 2.26. The summed E-state index contributed by atoms with van der Waals surface area (Å²) < 4.78 is 13.3. The third kappa shape index (κ3) is 2.97. The van der Waals surface area contributed by atoms with E-state index in [-0.39, 0.29) is 10.6 Å². The fourth-order valence-electron chi connectivity index (χ4n) is 1.51. The molecular weight excluding hydrogens is 290 g/mol. The molecule has 0 aliphatic rings. The summed E-state index contributed by atoms with van der Waals surface area (Å²) in [5, 5.41) is 2.63. The quantitative estimate of drug-likeness (QED) is 0.824. The van der Waals surface area contributed by atoms with Crippen LogP contribution in [0.1, 0.15) is 10.4 Å². The van der Waals surface area contributed by atoms with Crippen LogP contribution < -0.4 is 11.1 Å². The largest absolute Gasteiger partial charge is 0.399 e.